The number of nitrogens with zero attached hydrogens (tertiary/aromatic N) is 1. The molecule has 1 aliphatic rings. The summed E-state index contributed by atoms with van der Waals surface area (Å²) < 4.78 is 0. The van der Waals surface area contributed by atoms with Gasteiger partial charge in [0.1, 0.15) is 0 Å². The van der Waals surface area contributed by atoms with E-state index in [-0.39, 0.29) is 5.91 Å². The van der Waals surface area contributed by atoms with E-state index in [4.69, 9.17) is 28.9 Å². The number of nitrogens with two attached hydrogens (primary N) is 1. The minimum Gasteiger partial charge on any atom is -0.367 e. The Morgan fingerprint density at radius 2 is 1.84 bits per heavy atom. The molecule has 1 amide bonds. The first-order valence-electron chi connectivity index (χ1n) is 11.0. The molecule has 0 fully saturated rings. The van der Waals surface area contributed by atoms with Gasteiger partial charge in [-0.05, 0) is 71.8 Å². The number of carbonyl (C=O) groups excluding carboxylic acids is 1. The highest BCUT2D eigenvalue weighted by Crippen LogP contribution is 2.34. The molecule has 32 heavy (non-hydrogen) atoms. The fourth-order valence-corrected chi connectivity index (χ4v) is 4.60. The Kier molecular flexibility index (Phi) is 7.36. The lowest BCUT2D eigenvalue weighted by atomic mass is 9.98. The summed E-state index contributed by atoms with van der Waals surface area (Å²) in [6, 6.07) is 20.0. The Hall–Kier alpha value is -2.53. The number of halogens is 2. The van der Waals surface area contributed by atoms with Gasteiger partial charge in [0.25, 0.3) is 5.91 Å². The Labute approximate surface area is 199 Å². The molecule has 3 aromatic carbocycles. The normalized spacial score (nSPS) is 13.4. The maximum absolute atomic E-state index is 12.4. The number of fused-ring (bicyclic) bond motifs is 1. The largest absolute Gasteiger partial charge is 0.367 e. The second-order valence-corrected chi connectivity index (χ2v) is 8.93. The Bertz CT molecular complexity index is 1120. The quantitative estimate of drug-likeness (QED) is 0.489. The summed E-state index contributed by atoms with van der Waals surface area (Å²) in [5.74, 6) is -0.105. The van der Waals surface area contributed by atoms with Crippen molar-refractivity contribution in [3.05, 3.63) is 87.4 Å². The lowest BCUT2D eigenvalue weighted by molar-refractivity contribution is 0.0955. The van der Waals surface area contributed by atoms with Crippen molar-refractivity contribution in [2.75, 3.05) is 24.5 Å². The molecule has 6 heteroatoms. The molecule has 0 saturated carbocycles. The van der Waals surface area contributed by atoms with Crippen molar-refractivity contribution in [3.63, 3.8) is 0 Å². The van der Waals surface area contributed by atoms with Crippen molar-refractivity contribution in [2.45, 2.75) is 25.8 Å². The molecular formula is C26H27Cl2N3O. The van der Waals surface area contributed by atoms with Gasteiger partial charge >= 0.3 is 0 Å². The number of benzene rings is 3. The highest BCUT2D eigenvalue weighted by atomic mass is 35.5. The zero-order chi connectivity index (χ0) is 22.5. The Balaban J connectivity index is 1.65. The van der Waals surface area contributed by atoms with Crippen molar-refractivity contribution in [1.82, 2.24) is 5.32 Å². The standard InChI is InChI=1S/C26H27Cl2N3O/c27-23-10-9-22(24(28)16-23)17-31-13-2-1-4-18-7-8-20(15-25(18)31)19-5-3-6-21(14-19)26(32)30-12-11-29/h3,5-10,14-16H,1-2,4,11-13,17,29H2,(H,30,32). The highest BCUT2D eigenvalue weighted by Gasteiger charge is 2.18. The average molecular weight is 468 g/mol. The predicted octanol–water partition coefficient (Wildman–Crippen LogP) is 5.69. The highest BCUT2D eigenvalue weighted by molar-refractivity contribution is 6.35. The fraction of sp³-hybridized carbons (Fsp3) is 0.269. The van der Waals surface area contributed by atoms with Gasteiger partial charge in [0, 0.05) is 47.5 Å². The molecule has 0 bridgehead atoms. The van der Waals surface area contributed by atoms with Crippen LogP contribution in [-0.2, 0) is 13.0 Å². The van der Waals surface area contributed by atoms with Gasteiger partial charge in [0.15, 0.2) is 0 Å². The number of rotatable bonds is 6. The van der Waals surface area contributed by atoms with Gasteiger partial charge in [-0.25, -0.2) is 0 Å². The van der Waals surface area contributed by atoms with Crippen LogP contribution in [0.15, 0.2) is 60.7 Å². The number of carbonyl (C=O) groups is 1. The van der Waals surface area contributed by atoms with Crippen LogP contribution in [0.4, 0.5) is 5.69 Å². The van der Waals surface area contributed by atoms with Crippen LogP contribution in [0.2, 0.25) is 10.0 Å². The topological polar surface area (TPSA) is 58.4 Å². The van der Waals surface area contributed by atoms with E-state index in [9.17, 15) is 4.79 Å². The van der Waals surface area contributed by atoms with Crippen LogP contribution >= 0.6 is 23.2 Å². The fourth-order valence-electron chi connectivity index (χ4n) is 4.14. The molecule has 3 aromatic rings. The van der Waals surface area contributed by atoms with E-state index in [1.807, 2.05) is 36.4 Å². The first-order valence-corrected chi connectivity index (χ1v) is 11.7. The summed E-state index contributed by atoms with van der Waals surface area (Å²) in [4.78, 5) is 14.8. The molecule has 0 aromatic heterocycles. The number of hydrogen-bond donors (Lipinski definition) is 2. The molecule has 3 N–H and O–H groups in total. The third-order valence-electron chi connectivity index (χ3n) is 5.81. The van der Waals surface area contributed by atoms with Crippen LogP contribution in [0.5, 0.6) is 0 Å². The van der Waals surface area contributed by atoms with E-state index in [0.29, 0.717) is 28.7 Å². The zero-order valence-electron chi connectivity index (χ0n) is 17.9. The molecule has 0 saturated heterocycles. The molecule has 0 radical (unpaired) electrons. The monoisotopic (exact) mass is 467 g/mol. The van der Waals surface area contributed by atoms with Gasteiger partial charge in [-0.3, -0.25) is 4.79 Å². The van der Waals surface area contributed by atoms with Crippen molar-refractivity contribution in [3.8, 4) is 11.1 Å². The van der Waals surface area contributed by atoms with Crippen molar-refractivity contribution in [2.24, 2.45) is 5.73 Å². The van der Waals surface area contributed by atoms with Crippen LogP contribution in [0.25, 0.3) is 11.1 Å². The number of amides is 1. The van der Waals surface area contributed by atoms with E-state index in [1.54, 1.807) is 6.07 Å². The van der Waals surface area contributed by atoms with Gasteiger partial charge in [-0.1, -0.05) is 53.5 Å². The molecule has 4 rings (SSSR count). The lowest BCUT2D eigenvalue weighted by Crippen LogP contribution is -2.28. The third-order valence-corrected chi connectivity index (χ3v) is 6.40. The zero-order valence-corrected chi connectivity index (χ0v) is 19.4. The van der Waals surface area contributed by atoms with Gasteiger partial charge in [-0.15, -0.1) is 0 Å². The molecule has 166 valence electrons. The Morgan fingerprint density at radius 3 is 2.66 bits per heavy atom. The summed E-state index contributed by atoms with van der Waals surface area (Å²) in [7, 11) is 0. The maximum Gasteiger partial charge on any atom is 0.251 e. The van der Waals surface area contributed by atoms with Crippen LogP contribution in [0, 0.1) is 0 Å². The second kappa shape index (κ2) is 10.4. The maximum atomic E-state index is 12.4. The van der Waals surface area contributed by atoms with Gasteiger partial charge < -0.3 is 16.0 Å². The van der Waals surface area contributed by atoms with Gasteiger partial charge in [-0.2, -0.15) is 0 Å². The van der Waals surface area contributed by atoms with Crippen LogP contribution in [0.3, 0.4) is 0 Å². The summed E-state index contributed by atoms with van der Waals surface area (Å²) >= 11 is 12.6. The van der Waals surface area contributed by atoms with Crippen molar-refractivity contribution >= 4 is 34.8 Å². The van der Waals surface area contributed by atoms with Gasteiger partial charge in [0.05, 0.1) is 0 Å². The summed E-state index contributed by atoms with van der Waals surface area (Å²) in [6.07, 6.45) is 3.35. The molecule has 1 aliphatic heterocycles. The molecule has 4 nitrogen and oxygen atoms in total. The van der Waals surface area contributed by atoms with E-state index < -0.39 is 0 Å². The van der Waals surface area contributed by atoms with Crippen molar-refractivity contribution < 1.29 is 4.79 Å². The smallest absolute Gasteiger partial charge is 0.251 e. The first-order chi connectivity index (χ1) is 15.5. The summed E-state index contributed by atoms with van der Waals surface area (Å²) in [5, 5.41) is 4.17. The number of hydrogen-bond acceptors (Lipinski definition) is 3. The van der Waals surface area contributed by atoms with Crippen LogP contribution < -0.4 is 16.0 Å². The summed E-state index contributed by atoms with van der Waals surface area (Å²) in [5.41, 5.74) is 11.9. The SMILES string of the molecule is NCCNC(=O)c1cccc(-c2ccc3c(c2)N(Cc2ccc(Cl)cc2Cl)CCCC3)c1. The van der Waals surface area contributed by atoms with E-state index in [0.717, 1.165) is 49.0 Å². The molecular weight excluding hydrogens is 441 g/mol. The minimum absolute atomic E-state index is 0.105. The van der Waals surface area contributed by atoms with Gasteiger partial charge in [0.2, 0.25) is 0 Å². The van der Waals surface area contributed by atoms with Crippen LogP contribution in [-0.4, -0.2) is 25.5 Å². The second-order valence-electron chi connectivity index (χ2n) is 8.08. The van der Waals surface area contributed by atoms with E-state index >= 15 is 0 Å². The molecule has 0 aliphatic carbocycles. The minimum atomic E-state index is -0.105. The van der Waals surface area contributed by atoms with E-state index in [1.165, 1.54) is 11.3 Å². The first kappa shape index (κ1) is 22.7. The van der Waals surface area contributed by atoms with Crippen molar-refractivity contribution in [1.29, 1.82) is 0 Å². The van der Waals surface area contributed by atoms with Crippen LogP contribution in [0.1, 0.15) is 34.3 Å². The predicted molar refractivity (Wildman–Crippen MR) is 134 cm³/mol. The number of nitrogens with one attached hydrogen (secondary N) is 1. The molecule has 1 heterocycles. The van der Waals surface area contributed by atoms with E-state index in [2.05, 4.69) is 28.4 Å². The number of anilines is 1. The summed E-state index contributed by atoms with van der Waals surface area (Å²) in [6.45, 7) is 2.58. The molecule has 0 atom stereocenters. The molecule has 0 unspecified atom stereocenters. The average Bonchev–Trinajstić information content (AvgIpc) is 3.01. The number of aryl methyl sites for hydroxylation is 1. The lowest BCUT2D eigenvalue weighted by Gasteiger charge is -2.26. The third kappa shape index (κ3) is 5.26. The Morgan fingerprint density at radius 1 is 1.00 bits per heavy atom. The molecule has 0 spiro atoms.